The number of hydrogen-bond acceptors (Lipinski definition) is 4. The highest BCUT2D eigenvalue weighted by molar-refractivity contribution is 6.02. The third kappa shape index (κ3) is 5.65. The molecule has 3 rings (SSSR count). The molecule has 1 heterocycles. The zero-order valence-corrected chi connectivity index (χ0v) is 16.5. The van der Waals surface area contributed by atoms with E-state index in [-0.39, 0.29) is 11.4 Å². The fourth-order valence-corrected chi connectivity index (χ4v) is 2.83. The quantitative estimate of drug-likeness (QED) is 0.542. The molecular weight excluding hydrogens is 413 g/mol. The molecule has 1 aromatic heterocycles. The summed E-state index contributed by atoms with van der Waals surface area (Å²) in [6.45, 7) is 1.47. The number of anilines is 2. The van der Waals surface area contributed by atoms with E-state index in [4.69, 9.17) is 9.15 Å². The second-order valence-corrected chi connectivity index (χ2v) is 6.49. The number of rotatable bonds is 7. The maximum absolute atomic E-state index is 13.5. The average Bonchev–Trinajstić information content (AvgIpc) is 3.28. The summed E-state index contributed by atoms with van der Waals surface area (Å²) in [7, 11) is 0. The van der Waals surface area contributed by atoms with Gasteiger partial charge in [0, 0.05) is 5.69 Å². The lowest BCUT2D eigenvalue weighted by atomic mass is 10.1. The van der Waals surface area contributed by atoms with Crippen LogP contribution >= 0.6 is 0 Å². The highest BCUT2D eigenvalue weighted by Crippen LogP contribution is 2.36. The predicted octanol–water partition coefficient (Wildman–Crippen LogP) is 5.13. The average molecular weight is 432 g/mol. The first kappa shape index (κ1) is 21.9. The molecular formula is C22H19F3N2O4. The van der Waals surface area contributed by atoms with E-state index in [0.717, 1.165) is 17.7 Å². The Kier molecular flexibility index (Phi) is 6.64. The highest BCUT2D eigenvalue weighted by atomic mass is 19.4. The van der Waals surface area contributed by atoms with Gasteiger partial charge in [0.05, 0.1) is 17.5 Å². The van der Waals surface area contributed by atoms with Crippen LogP contribution < -0.4 is 15.4 Å². The van der Waals surface area contributed by atoms with Crippen LogP contribution in [0.15, 0.2) is 65.3 Å². The van der Waals surface area contributed by atoms with Crippen molar-refractivity contribution in [3.05, 3.63) is 77.7 Å². The Bertz CT molecular complexity index is 1060. The molecule has 162 valence electrons. The van der Waals surface area contributed by atoms with Gasteiger partial charge in [0.15, 0.2) is 12.4 Å². The Balaban J connectivity index is 1.72. The largest absolute Gasteiger partial charge is 0.483 e. The Hall–Kier alpha value is -3.75. The van der Waals surface area contributed by atoms with Crippen molar-refractivity contribution in [2.75, 3.05) is 17.2 Å². The second kappa shape index (κ2) is 9.38. The number of benzene rings is 2. The number of para-hydroxylation sites is 1. The number of hydrogen-bond donors (Lipinski definition) is 2. The van der Waals surface area contributed by atoms with E-state index < -0.39 is 35.8 Å². The van der Waals surface area contributed by atoms with Crippen LogP contribution in [0.3, 0.4) is 0 Å². The monoisotopic (exact) mass is 432 g/mol. The van der Waals surface area contributed by atoms with Gasteiger partial charge in [-0.2, -0.15) is 13.2 Å². The van der Waals surface area contributed by atoms with Crippen LogP contribution in [0.4, 0.5) is 24.5 Å². The molecule has 0 saturated heterocycles. The minimum atomic E-state index is -4.76. The van der Waals surface area contributed by atoms with Gasteiger partial charge in [-0.3, -0.25) is 9.59 Å². The van der Waals surface area contributed by atoms with Crippen molar-refractivity contribution in [3.63, 3.8) is 0 Å². The molecule has 0 bridgehead atoms. The summed E-state index contributed by atoms with van der Waals surface area (Å²) in [6.07, 6.45) is -2.80. The van der Waals surface area contributed by atoms with Crippen LogP contribution in [0.2, 0.25) is 0 Å². The molecule has 0 radical (unpaired) electrons. The van der Waals surface area contributed by atoms with E-state index in [1.54, 1.807) is 12.1 Å². The first-order chi connectivity index (χ1) is 14.8. The van der Waals surface area contributed by atoms with Crippen molar-refractivity contribution in [1.29, 1.82) is 0 Å². The summed E-state index contributed by atoms with van der Waals surface area (Å²) < 4.78 is 50.9. The summed E-state index contributed by atoms with van der Waals surface area (Å²) in [4.78, 5) is 24.2. The lowest BCUT2D eigenvalue weighted by Gasteiger charge is -2.16. The molecule has 2 amide bonds. The number of nitrogens with one attached hydrogen (secondary N) is 2. The van der Waals surface area contributed by atoms with Gasteiger partial charge in [-0.05, 0) is 48.4 Å². The molecule has 6 nitrogen and oxygen atoms in total. The Labute approximate surface area is 176 Å². The van der Waals surface area contributed by atoms with E-state index in [0.29, 0.717) is 12.2 Å². The summed E-state index contributed by atoms with van der Waals surface area (Å²) in [6, 6.07) is 13.0. The third-order valence-electron chi connectivity index (χ3n) is 4.31. The van der Waals surface area contributed by atoms with E-state index in [1.165, 1.54) is 24.5 Å². The molecule has 31 heavy (non-hydrogen) atoms. The molecule has 0 saturated carbocycles. The number of carbonyl (C=O) groups is 2. The lowest BCUT2D eigenvalue weighted by Crippen LogP contribution is -2.23. The van der Waals surface area contributed by atoms with Crippen molar-refractivity contribution >= 4 is 23.2 Å². The number of ether oxygens (including phenoxy) is 1. The van der Waals surface area contributed by atoms with E-state index >= 15 is 0 Å². The molecule has 0 fully saturated rings. The van der Waals surface area contributed by atoms with E-state index in [9.17, 15) is 22.8 Å². The minimum absolute atomic E-state index is 0.0459. The third-order valence-corrected chi connectivity index (χ3v) is 4.31. The van der Waals surface area contributed by atoms with Gasteiger partial charge < -0.3 is 19.8 Å². The number of furan rings is 1. The minimum Gasteiger partial charge on any atom is -0.483 e. The lowest BCUT2D eigenvalue weighted by molar-refractivity contribution is -0.137. The van der Waals surface area contributed by atoms with E-state index in [1.807, 2.05) is 19.1 Å². The molecule has 0 spiro atoms. The molecule has 3 aromatic rings. The van der Waals surface area contributed by atoms with Gasteiger partial charge in [0.2, 0.25) is 0 Å². The topological polar surface area (TPSA) is 80.6 Å². The van der Waals surface area contributed by atoms with Gasteiger partial charge in [-0.15, -0.1) is 0 Å². The molecule has 9 heteroatoms. The SMILES string of the molecule is CCc1ccccc1OCC(=O)Nc1ccc(NC(=O)c2ccco2)cc1C(F)(F)F. The number of aryl methyl sites for hydroxylation is 1. The molecule has 2 N–H and O–H groups in total. The Morgan fingerprint density at radius 3 is 2.48 bits per heavy atom. The molecule has 2 aromatic carbocycles. The van der Waals surface area contributed by atoms with Gasteiger partial charge in [0.25, 0.3) is 11.8 Å². The first-order valence-corrected chi connectivity index (χ1v) is 9.34. The first-order valence-electron chi connectivity index (χ1n) is 9.34. The van der Waals surface area contributed by atoms with Gasteiger partial charge >= 0.3 is 6.18 Å². The van der Waals surface area contributed by atoms with Crippen LogP contribution in [-0.2, 0) is 17.4 Å². The summed E-state index contributed by atoms with van der Waals surface area (Å²) in [5.41, 5.74) is -0.768. The van der Waals surface area contributed by atoms with Crippen LogP contribution in [-0.4, -0.2) is 18.4 Å². The van der Waals surface area contributed by atoms with Gasteiger partial charge in [-0.1, -0.05) is 25.1 Å². The highest BCUT2D eigenvalue weighted by Gasteiger charge is 2.34. The zero-order chi connectivity index (χ0) is 22.4. The number of amides is 2. The van der Waals surface area contributed by atoms with Crippen molar-refractivity contribution in [1.82, 2.24) is 0 Å². The second-order valence-electron chi connectivity index (χ2n) is 6.49. The summed E-state index contributed by atoms with van der Waals surface area (Å²) in [5.74, 6) is -0.996. The molecule has 0 aliphatic heterocycles. The zero-order valence-electron chi connectivity index (χ0n) is 16.5. The van der Waals surface area contributed by atoms with Gasteiger partial charge in [0.1, 0.15) is 5.75 Å². The van der Waals surface area contributed by atoms with Gasteiger partial charge in [-0.25, -0.2) is 0 Å². The fraction of sp³-hybridized carbons (Fsp3) is 0.182. The van der Waals surface area contributed by atoms with Crippen molar-refractivity contribution in [3.8, 4) is 5.75 Å². The Morgan fingerprint density at radius 2 is 1.81 bits per heavy atom. The van der Waals surface area contributed by atoms with Crippen molar-refractivity contribution < 1.29 is 31.9 Å². The van der Waals surface area contributed by atoms with Crippen LogP contribution in [0.25, 0.3) is 0 Å². The number of halogens is 3. The molecule has 0 aliphatic carbocycles. The summed E-state index contributed by atoms with van der Waals surface area (Å²) >= 11 is 0. The van der Waals surface area contributed by atoms with Crippen LogP contribution in [0.5, 0.6) is 5.75 Å². The maximum Gasteiger partial charge on any atom is 0.418 e. The van der Waals surface area contributed by atoms with Crippen LogP contribution in [0, 0.1) is 0 Å². The molecule has 0 aliphatic rings. The smallest absolute Gasteiger partial charge is 0.418 e. The van der Waals surface area contributed by atoms with Crippen LogP contribution in [0.1, 0.15) is 28.6 Å². The van der Waals surface area contributed by atoms with Crippen molar-refractivity contribution in [2.45, 2.75) is 19.5 Å². The Morgan fingerprint density at radius 1 is 1.03 bits per heavy atom. The number of alkyl halides is 3. The molecule has 0 atom stereocenters. The van der Waals surface area contributed by atoms with Crippen molar-refractivity contribution in [2.24, 2.45) is 0 Å². The fourth-order valence-electron chi connectivity index (χ4n) is 2.83. The standard InChI is InChI=1S/C22H19F3N2O4/c1-2-14-6-3-4-7-18(14)31-13-20(28)27-17-10-9-15(12-16(17)22(23,24)25)26-21(29)19-8-5-11-30-19/h3-12H,2,13H2,1H3,(H,26,29)(H,27,28). The van der Waals surface area contributed by atoms with E-state index in [2.05, 4.69) is 10.6 Å². The normalized spacial score (nSPS) is 11.1. The summed E-state index contributed by atoms with van der Waals surface area (Å²) in [5, 5.41) is 4.54. The maximum atomic E-state index is 13.5. The predicted molar refractivity (Wildman–Crippen MR) is 108 cm³/mol. The molecule has 0 unspecified atom stereocenters. The number of carbonyl (C=O) groups excluding carboxylic acids is 2.